The zero-order valence-corrected chi connectivity index (χ0v) is 14.6. The fourth-order valence-electron chi connectivity index (χ4n) is 2.78. The van der Waals surface area contributed by atoms with E-state index in [1.54, 1.807) is 42.5 Å². The van der Waals surface area contributed by atoms with Crippen molar-refractivity contribution in [1.82, 2.24) is 10.2 Å². The van der Waals surface area contributed by atoms with Crippen LogP contribution in [0.5, 0.6) is 5.75 Å². The van der Waals surface area contributed by atoms with Crippen molar-refractivity contribution < 1.29 is 18.3 Å². The predicted molar refractivity (Wildman–Crippen MR) is 101 cm³/mol. The van der Waals surface area contributed by atoms with Crippen LogP contribution in [0.1, 0.15) is 15.9 Å². The summed E-state index contributed by atoms with van der Waals surface area (Å²) in [5, 5.41) is 10.1. The molecule has 0 aliphatic carbocycles. The van der Waals surface area contributed by atoms with Crippen LogP contribution < -0.4 is 10.1 Å². The first-order valence-corrected chi connectivity index (χ1v) is 8.52. The molecule has 0 fully saturated rings. The van der Waals surface area contributed by atoms with E-state index in [1.807, 2.05) is 0 Å². The quantitative estimate of drug-likeness (QED) is 0.529. The number of amides is 1. The predicted octanol–water partition coefficient (Wildman–Crippen LogP) is 4.67. The first-order chi connectivity index (χ1) is 13.6. The van der Waals surface area contributed by atoms with Gasteiger partial charge in [0, 0.05) is 17.0 Å². The monoisotopic (exact) mass is 379 g/mol. The van der Waals surface area contributed by atoms with Gasteiger partial charge in [-0.2, -0.15) is 5.10 Å². The van der Waals surface area contributed by atoms with E-state index in [-0.39, 0.29) is 23.8 Å². The maximum Gasteiger partial charge on any atom is 0.259 e. The number of anilines is 1. The molecule has 0 aliphatic rings. The number of fused-ring (bicyclic) bond motifs is 1. The minimum atomic E-state index is -0.608. The molecular formula is C21H15F2N3O2. The highest BCUT2D eigenvalue weighted by molar-refractivity contribution is 6.08. The Morgan fingerprint density at radius 1 is 1.00 bits per heavy atom. The lowest BCUT2D eigenvalue weighted by atomic mass is 10.2. The lowest BCUT2D eigenvalue weighted by Gasteiger charge is -2.07. The van der Waals surface area contributed by atoms with E-state index in [4.69, 9.17) is 4.74 Å². The topological polar surface area (TPSA) is 67.0 Å². The van der Waals surface area contributed by atoms with Gasteiger partial charge in [-0.05, 0) is 30.3 Å². The van der Waals surface area contributed by atoms with Gasteiger partial charge in [0.05, 0.1) is 11.1 Å². The number of ether oxygens (including phenoxy) is 1. The zero-order valence-electron chi connectivity index (χ0n) is 14.6. The molecule has 0 aliphatic heterocycles. The Bertz CT molecular complexity index is 1160. The van der Waals surface area contributed by atoms with Crippen molar-refractivity contribution in [3.8, 4) is 5.75 Å². The lowest BCUT2D eigenvalue weighted by molar-refractivity contribution is 0.102. The van der Waals surface area contributed by atoms with Crippen LogP contribution in [0.15, 0.2) is 66.7 Å². The Kier molecular flexibility index (Phi) is 4.72. The highest BCUT2D eigenvalue weighted by Crippen LogP contribution is 2.26. The van der Waals surface area contributed by atoms with Crippen LogP contribution in [0.2, 0.25) is 0 Å². The SMILES string of the molecule is O=C(Nc1n[nH]c2cc(OCc3ccccc3F)ccc12)c1ccccc1F. The molecule has 1 heterocycles. The molecule has 0 unspecified atom stereocenters. The van der Waals surface area contributed by atoms with Gasteiger partial charge in [-0.1, -0.05) is 30.3 Å². The fourth-order valence-corrected chi connectivity index (χ4v) is 2.78. The van der Waals surface area contributed by atoms with E-state index in [9.17, 15) is 13.6 Å². The lowest BCUT2D eigenvalue weighted by Crippen LogP contribution is -2.14. The van der Waals surface area contributed by atoms with Crippen molar-refractivity contribution >= 4 is 22.6 Å². The normalized spacial score (nSPS) is 10.8. The number of nitrogens with one attached hydrogen (secondary N) is 2. The Morgan fingerprint density at radius 2 is 1.75 bits per heavy atom. The second kappa shape index (κ2) is 7.48. The van der Waals surface area contributed by atoms with E-state index < -0.39 is 11.7 Å². The van der Waals surface area contributed by atoms with Crippen molar-refractivity contribution in [2.75, 3.05) is 5.32 Å². The number of rotatable bonds is 5. The number of aromatic nitrogens is 2. The standard InChI is InChI=1S/C21H15F2N3O2/c22-17-7-3-1-5-13(17)12-28-14-9-10-16-19(11-14)25-26-20(16)24-21(27)15-6-2-4-8-18(15)23/h1-11H,12H2,(H2,24,25,26,27). The molecule has 5 nitrogen and oxygen atoms in total. The maximum atomic E-state index is 13.8. The summed E-state index contributed by atoms with van der Waals surface area (Å²) < 4.78 is 33.1. The number of carbonyl (C=O) groups is 1. The molecule has 1 amide bonds. The number of hydrogen-bond donors (Lipinski definition) is 2. The number of hydrogen-bond acceptors (Lipinski definition) is 3. The van der Waals surface area contributed by atoms with Crippen LogP contribution in [0.4, 0.5) is 14.6 Å². The van der Waals surface area contributed by atoms with Crippen molar-refractivity contribution in [3.05, 3.63) is 89.5 Å². The van der Waals surface area contributed by atoms with Crippen LogP contribution in [0.25, 0.3) is 10.9 Å². The summed E-state index contributed by atoms with van der Waals surface area (Å²) >= 11 is 0. The molecule has 0 radical (unpaired) electrons. The highest BCUT2D eigenvalue weighted by atomic mass is 19.1. The summed E-state index contributed by atoms with van der Waals surface area (Å²) in [5.74, 6) is -0.728. The van der Waals surface area contributed by atoms with Crippen molar-refractivity contribution in [1.29, 1.82) is 0 Å². The summed E-state index contributed by atoms with van der Waals surface area (Å²) in [7, 11) is 0. The molecule has 28 heavy (non-hydrogen) atoms. The van der Waals surface area contributed by atoms with Crippen molar-refractivity contribution in [2.24, 2.45) is 0 Å². The van der Waals surface area contributed by atoms with E-state index in [2.05, 4.69) is 15.5 Å². The summed E-state index contributed by atoms with van der Waals surface area (Å²) in [6.45, 7) is 0.0865. The molecular weight excluding hydrogens is 364 g/mol. The van der Waals surface area contributed by atoms with E-state index >= 15 is 0 Å². The molecule has 0 spiro atoms. The average molecular weight is 379 g/mol. The summed E-state index contributed by atoms with van der Waals surface area (Å²) in [6, 6.07) is 17.2. The van der Waals surface area contributed by atoms with E-state index in [0.717, 1.165) is 0 Å². The number of halogens is 2. The molecule has 4 aromatic rings. The van der Waals surface area contributed by atoms with Gasteiger partial charge in [0.15, 0.2) is 5.82 Å². The number of carbonyl (C=O) groups excluding carboxylic acids is 1. The molecule has 4 rings (SSSR count). The summed E-state index contributed by atoms with van der Waals surface area (Å²) in [6.07, 6.45) is 0. The Balaban J connectivity index is 1.51. The van der Waals surface area contributed by atoms with Gasteiger partial charge in [0.25, 0.3) is 5.91 Å². The highest BCUT2D eigenvalue weighted by Gasteiger charge is 2.15. The second-order valence-corrected chi connectivity index (χ2v) is 6.09. The van der Waals surface area contributed by atoms with Gasteiger partial charge >= 0.3 is 0 Å². The molecule has 140 valence electrons. The third kappa shape index (κ3) is 3.55. The Labute approximate surface area is 159 Å². The minimum absolute atomic E-state index is 0.0662. The molecule has 0 bridgehead atoms. The number of aromatic amines is 1. The summed E-state index contributed by atoms with van der Waals surface area (Å²) in [4.78, 5) is 12.3. The van der Waals surface area contributed by atoms with Crippen LogP contribution in [-0.4, -0.2) is 16.1 Å². The first kappa shape index (κ1) is 17.7. The molecule has 0 saturated carbocycles. The molecule has 0 atom stereocenters. The third-order valence-corrected chi connectivity index (χ3v) is 4.24. The fraction of sp³-hybridized carbons (Fsp3) is 0.0476. The first-order valence-electron chi connectivity index (χ1n) is 8.52. The van der Waals surface area contributed by atoms with Gasteiger partial charge in [-0.3, -0.25) is 9.89 Å². The molecule has 0 saturated heterocycles. The number of H-pyrrole nitrogens is 1. The third-order valence-electron chi connectivity index (χ3n) is 4.24. The summed E-state index contributed by atoms with van der Waals surface area (Å²) in [5.41, 5.74) is 1.00. The molecule has 3 aromatic carbocycles. The van der Waals surface area contributed by atoms with Gasteiger partial charge in [0.2, 0.25) is 0 Å². The van der Waals surface area contributed by atoms with Gasteiger partial charge in [-0.25, -0.2) is 8.78 Å². The smallest absolute Gasteiger partial charge is 0.259 e. The van der Waals surface area contributed by atoms with Gasteiger partial charge in [-0.15, -0.1) is 0 Å². The van der Waals surface area contributed by atoms with Crippen LogP contribution in [0, 0.1) is 11.6 Å². The zero-order chi connectivity index (χ0) is 19.5. The second-order valence-electron chi connectivity index (χ2n) is 6.09. The maximum absolute atomic E-state index is 13.8. The molecule has 1 aromatic heterocycles. The van der Waals surface area contributed by atoms with Crippen LogP contribution >= 0.6 is 0 Å². The van der Waals surface area contributed by atoms with Crippen LogP contribution in [0.3, 0.4) is 0 Å². The van der Waals surface area contributed by atoms with Gasteiger partial charge < -0.3 is 10.1 Å². The number of benzene rings is 3. The van der Waals surface area contributed by atoms with E-state index in [0.29, 0.717) is 22.2 Å². The average Bonchev–Trinajstić information content (AvgIpc) is 3.09. The largest absolute Gasteiger partial charge is 0.489 e. The Morgan fingerprint density at radius 3 is 2.54 bits per heavy atom. The Hall–Kier alpha value is -3.74. The van der Waals surface area contributed by atoms with Crippen LogP contribution in [-0.2, 0) is 6.61 Å². The number of nitrogens with zero attached hydrogens (tertiary/aromatic N) is 1. The minimum Gasteiger partial charge on any atom is -0.489 e. The van der Waals surface area contributed by atoms with Crippen molar-refractivity contribution in [3.63, 3.8) is 0 Å². The van der Waals surface area contributed by atoms with E-state index in [1.165, 1.54) is 24.3 Å². The molecule has 2 N–H and O–H groups in total. The molecule has 7 heteroatoms. The van der Waals surface area contributed by atoms with Gasteiger partial charge in [0.1, 0.15) is 24.0 Å². The van der Waals surface area contributed by atoms with Crippen molar-refractivity contribution in [2.45, 2.75) is 6.61 Å².